The minimum atomic E-state index is -0.552. The zero-order valence-corrected chi connectivity index (χ0v) is 15.9. The van der Waals surface area contributed by atoms with Gasteiger partial charge in [0, 0.05) is 36.2 Å². The highest BCUT2D eigenvalue weighted by Crippen LogP contribution is 2.21. The molecule has 0 saturated carbocycles. The highest BCUT2D eigenvalue weighted by Gasteiger charge is 2.17. The fourth-order valence-corrected chi connectivity index (χ4v) is 2.66. The average Bonchev–Trinajstić information content (AvgIpc) is 2.91. The van der Waals surface area contributed by atoms with Gasteiger partial charge < -0.3 is 18.8 Å². The second kappa shape index (κ2) is 8.67. The summed E-state index contributed by atoms with van der Waals surface area (Å²) >= 11 is 0. The summed E-state index contributed by atoms with van der Waals surface area (Å²) < 4.78 is 17.8. The van der Waals surface area contributed by atoms with E-state index in [-0.39, 0.29) is 12.4 Å². The molecule has 0 aliphatic heterocycles. The van der Waals surface area contributed by atoms with Crippen LogP contribution < -0.4 is 4.74 Å². The van der Waals surface area contributed by atoms with Crippen molar-refractivity contribution in [1.29, 1.82) is 0 Å². The van der Waals surface area contributed by atoms with Gasteiger partial charge >= 0.3 is 5.97 Å². The number of nitrogens with zero attached hydrogens (tertiary/aromatic N) is 1. The molecule has 0 aliphatic carbocycles. The van der Waals surface area contributed by atoms with Crippen LogP contribution in [-0.4, -0.2) is 36.6 Å². The molecule has 1 heterocycles. The molecule has 140 valence electrons. The molecule has 26 heavy (non-hydrogen) atoms. The molecular weight excluding hydrogens is 334 g/mol. The topological polar surface area (TPSA) is 66.8 Å². The van der Waals surface area contributed by atoms with Crippen molar-refractivity contribution < 1.29 is 23.8 Å². The first kappa shape index (κ1) is 19.7. The maximum absolute atomic E-state index is 12.3. The number of ketones is 1. The van der Waals surface area contributed by atoms with Crippen LogP contribution in [0.25, 0.3) is 0 Å². The van der Waals surface area contributed by atoms with Gasteiger partial charge in [0.15, 0.2) is 6.61 Å². The van der Waals surface area contributed by atoms with E-state index >= 15 is 0 Å². The molecule has 0 aliphatic rings. The van der Waals surface area contributed by atoms with Crippen molar-refractivity contribution >= 4 is 11.8 Å². The molecule has 2 aromatic rings. The lowest BCUT2D eigenvalue weighted by Crippen LogP contribution is -2.15. The van der Waals surface area contributed by atoms with Crippen molar-refractivity contribution in [2.24, 2.45) is 7.05 Å². The van der Waals surface area contributed by atoms with Gasteiger partial charge in [-0.15, -0.1) is 0 Å². The van der Waals surface area contributed by atoms with Crippen molar-refractivity contribution in [3.8, 4) is 5.75 Å². The Bertz CT molecular complexity index is 807. The largest absolute Gasteiger partial charge is 0.496 e. The highest BCUT2D eigenvalue weighted by atomic mass is 16.5. The summed E-state index contributed by atoms with van der Waals surface area (Å²) in [6, 6.07) is 6.77. The van der Waals surface area contributed by atoms with E-state index in [4.69, 9.17) is 14.2 Å². The van der Waals surface area contributed by atoms with Crippen LogP contribution in [-0.2, 0) is 23.1 Å². The number of aromatic nitrogens is 1. The molecule has 0 saturated heterocycles. The van der Waals surface area contributed by atoms with E-state index in [0.717, 1.165) is 17.0 Å². The molecule has 0 N–H and O–H groups in total. The molecule has 1 aromatic carbocycles. The Labute approximate surface area is 153 Å². The molecule has 1 aromatic heterocycles. The van der Waals surface area contributed by atoms with Crippen molar-refractivity contribution in [2.45, 2.75) is 27.4 Å². The molecule has 0 bridgehead atoms. The lowest BCUT2D eigenvalue weighted by atomic mass is 10.1. The minimum absolute atomic E-state index is 0.220. The lowest BCUT2D eigenvalue weighted by Gasteiger charge is -2.11. The van der Waals surface area contributed by atoms with E-state index in [0.29, 0.717) is 30.1 Å². The average molecular weight is 359 g/mol. The summed E-state index contributed by atoms with van der Waals surface area (Å²) in [6.45, 7) is 6.28. The van der Waals surface area contributed by atoms with Crippen LogP contribution in [0.15, 0.2) is 24.3 Å². The van der Waals surface area contributed by atoms with Crippen LogP contribution >= 0.6 is 0 Å². The fourth-order valence-electron chi connectivity index (χ4n) is 2.66. The molecule has 6 heteroatoms. The number of aryl methyl sites for hydroxylation is 1. The van der Waals surface area contributed by atoms with Crippen LogP contribution in [0.1, 0.15) is 44.6 Å². The van der Waals surface area contributed by atoms with Gasteiger partial charge in [-0.2, -0.15) is 0 Å². The SMILES string of the molecule is CCOCc1cc(C(=O)OCC(=O)c2cc(C)n(C)c2C)ccc1OC. The molecule has 0 spiro atoms. The third-order valence-electron chi connectivity index (χ3n) is 4.39. The third-order valence-corrected chi connectivity index (χ3v) is 4.39. The van der Waals surface area contributed by atoms with Crippen LogP contribution in [0, 0.1) is 13.8 Å². The summed E-state index contributed by atoms with van der Waals surface area (Å²) in [4.78, 5) is 24.6. The molecule has 2 rings (SSSR count). The van der Waals surface area contributed by atoms with Crippen molar-refractivity contribution in [2.75, 3.05) is 20.3 Å². The zero-order valence-electron chi connectivity index (χ0n) is 15.9. The van der Waals surface area contributed by atoms with Gasteiger partial charge in [-0.25, -0.2) is 4.79 Å². The Balaban J connectivity index is 2.07. The number of esters is 1. The number of hydrogen-bond donors (Lipinski definition) is 0. The molecular formula is C20H25NO5. The van der Waals surface area contributed by atoms with Crippen LogP contribution in [0.5, 0.6) is 5.75 Å². The normalized spacial score (nSPS) is 10.7. The van der Waals surface area contributed by atoms with Crippen molar-refractivity contribution in [3.63, 3.8) is 0 Å². The van der Waals surface area contributed by atoms with Crippen LogP contribution in [0.3, 0.4) is 0 Å². The molecule has 6 nitrogen and oxygen atoms in total. The number of ether oxygens (including phenoxy) is 3. The van der Waals surface area contributed by atoms with Gasteiger partial charge in [-0.1, -0.05) is 0 Å². The van der Waals surface area contributed by atoms with Gasteiger partial charge in [-0.05, 0) is 45.0 Å². The van der Waals surface area contributed by atoms with Gasteiger partial charge in [0.2, 0.25) is 5.78 Å². The lowest BCUT2D eigenvalue weighted by molar-refractivity contribution is 0.0474. The summed E-state index contributed by atoms with van der Waals surface area (Å²) in [6.07, 6.45) is 0. The number of benzene rings is 1. The quantitative estimate of drug-likeness (QED) is 0.535. The van der Waals surface area contributed by atoms with Crippen LogP contribution in [0.2, 0.25) is 0 Å². The maximum atomic E-state index is 12.3. The molecule has 0 fully saturated rings. The van der Waals surface area contributed by atoms with Gasteiger partial charge in [-0.3, -0.25) is 4.79 Å². The van der Waals surface area contributed by atoms with Crippen LogP contribution in [0.4, 0.5) is 0 Å². The number of hydrogen-bond acceptors (Lipinski definition) is 5. The Morgan fingerprint density at radius 2 is 1.88 bits per heavy atom. The van der Waals surface area contributed by atoms with Crippen molar-refractivity contribution in [3.05, 3.63) is 52.3 Å². The highest BCUT2D eigenvalue weighted by molar-refractivity contribution is 6.00. The minimum Gasteiger partial charge on any atom is -0.496 e. The van der Waals surface area contributed by atoms with E-state index in [1.807, 2.05) is 32.4 Å². The number of carbonyl (C=O) groups excluding carboxylic acids is 2. The second-order valence-corrected chi connectivity index (χ2v) is 6.01. The molecule has 0 radical (unpaired) electrons. The predicted octanol–water partition coefficient (Wildman–Crippen LogP) is 3.23. The van der Waals surface area contributed by atoms with E-state index in [1.165, 1.54) is 0 Å². The number of Topliss-reactive ketones (excluding diaryl/α,β-unsaturated/α-hetero) is 1. The van der Waals surface area contributed by atoms with Gasteiger partial charge in [0.25, 0.3) is 0 Å². The first-order chi connectivity index (χ1) is 12.4. The van der Waals surface area contributed by atoms with E-state index in [1.54, 1.807) is 31.4 Å². The number of methoxy groups -OCH3 is 1. The Hall–Kier alpha value is -2.60. The summed E-state index contributed by atoms with van der Waals surface area (Å²) in [7, 11) is 3.45. The molecule has 0 atom stereocenters. The van der Waals surface area contributed by atoms with Crippen molar-refractivity contribution in [1.82, 2.24) is 4.57 Å². The Morgan fingerprint density at radius 1 is 1.15 bits per heavy atom. The second-order valence-electron chi connectivity index (χ2n) is 6.01. The smallest absolute Gasteiger partial charge is 0.338 e. The monoisotopic (exact) mass is 359 g/mol. The standard InChI is InChI=1S/C20H25NO5/c1-6-25-11-16-10-15(7-8-19(16)24-5)20(23)26-12-18(22)17-9-13(2)21(4)14(17)3/h7-10H,6,11-12H2,1-5H3. The Kier molecular flexibility index (Phi) is 6.58. The maximum Gasteiger partial charge on any atom is 0.338 e. The summed E-state index contributed by atoms with van der Waals surface area (Å²) in [5.41, 5.74) is 3.52. The summed E-state index contributed by atoms with van der Waals surface area (Å²) in [5.74, 6) is -0.131. The number of rotatable bonds is 8. The molecule has 0 unspecified atom stereocenters. The third kappa shape index (κ3) is 4.32. The predicted molar refractivity (Wildman–Crippen MR) is 97.8 cm³/mol. The summed E-state index contributed by atoms with van der Waals surface area (Å²) in [5, 5.41) is 0. The van der Waals surface area contributed by atoms with E-state index in [9.17, 15) is 9.59 Å². The first-order valence-electron chi connectivity index (χ1n) is 8.46. The van der Waals surface area contributed by atoms with E-state index in [2.05, 4.69) is 0 Å². The number of carbonyl (C=O) groups is 2. The van der Waals surface area contributed by atoms with E-state index < -0.39 is 5.97 Å². The fraction of sp³-hybridized carbons (Fsp3) is 0.400. The van der Waals surface area contributed by atoms with Gasteiger partial charge in [0.05, 0.1) is 19.3 Å². The van der Waals surface area contributed by atoms with Gasteiger partial charge in [0.1, 0.15) is 5.75 Å². The zero-order chi connectivity index (χ0) is 19.3. The molecule has 0 amide bonds. The Morgan fingerprint density at radius 3 is 2.46 bits per heavy atom. The first-order valence-corrected chi connectivity index (χ1v) is 8.46.